The average Bonchev–Trinajstić information content (AvgIpc) is 3.31. The smallest absolute Gasteiger partial charge is 0.253 e. The van der Waals surface area contributed by atoms with E-state index in [1.54, 1.807) is 13.2 Å². The Kier molecular flexibility index (Phi) is 4.11. The normalized spacial score (nSPS) is 16.9. The fourth-order valence-corrected chi connectivity index (χ4v) is 2.95. The lowest BCUT2D eigenvalue weighted by atomic mass is 10.2. The summed E-state index contributed by atoms with van der Waals surface area (Å²) in [5, 5.41) is 2.87. The minimum absolute atomic E-state index is 0.124. The number of methoxy groups -OCH3 is 1. The molecule has 0 bridgehead atoms. The number of nitrogens with one attached hydrogen (secondary N) is 1. The van der Waals surface area contributed by atoms with Crippen molar-refractivity contribution in [3.05, 3.63) is 42.5 Å². The molecule has 1 unspecified atom stereocenters. The van der Waals surface area contributed by atoms with Gasteiger partial charge in [-0.3, -0.25) is 4.79 Å². The van der Waals surface area contributed by atoms with Gasteiger partial charge in [0.05, 0.1) is 12.7 Å². The van der Waals surface area contributed by atoms with Gasteiger partial charge in [0.25, 0.3) is 5.91 Å². The summed E-state index contributed by atoms with van der Waals surface area (Å²) in [6, 6.07) is 12.9. The van der Waals surface area contributed by atoms with Crippen LogP contribution < -0.4 is 10.1 Å². The number of anilines is 1. The number of ether oxygens (including phenoxy) is 2. The number of fused-ring (bicyclic) bond motifs is 1. The van der Waals surface area contributed by atoms with Crippen LogP contribution >= 0.6 is 0 Å². The van der Waals surface area contributed by atoms with Crippen molar-refractivity contribution in [3.8, 4) is 17.2 Å². The van der Waals surface area contributed by atoms with Crippen molar-refractivity contribution in [3.63, 3.8) is 0 Å². The van der Waals surface area contributed by atoms with Gasteiger partial charge in [0.15, 0.2) is 5.58 Å². The maximum atomic E-state index is 12.2. The summed E-state index contributed by atoms with van der Waals surface area (Å²) < 4.78 is 16.6. The van der Waals surface area contributed by atoms with Crippen LogP contribution in [0.4, 0.5) is 5.69 Å². The van der Waals surface area contributed by atoms with E-state index in [-0.39, 0.29) is 12.0 Å². The first-order valence-electron chi connectivity index (χ1n) is 8.21. The first-order valence-corrected chi connectivity index (χ1v) is 8.21. The standard InChI is InChI=1S/C19H18N2O4/c1-23-15-6-3-2-5-13(15)19-21-14-9-8-12(11-17(14)25-19)20-18(22)16-7-4-10-24-16/h2-3,5-6,8-9,11,16H,4,7,10H2,1H3,(H,20,22). The molecule has 0 radical (unpaired) electrons. The first kappa shape index (κ1) is 15.7. The number of nitrogens with zero attached hydrogens (tertiary/aromatic N) is 1. The van der Waals surface area contributed by atoms with Crippen LogP contribution in [0.3, 0.4) is 0 Å². The van der Waals surface area contributed by atoms with Crippen LogP contribution in [0.25, 0.3) is 22.6 Å². The van der Waals surface area contributed by atoms with Crippen molar-refractivity contribution < 1.29 is 18.7 Å². The van der Waals surface area contributed by atoms with Crippen LogP contribution in [0.5, 0.6) is 5.75 Å². The number of hydrogen-bond donors (Lipinski definition) is 1. The Morgan fingerprint density at radius 2 is 2.16 bits per heavy atom. The number of hydrogen-bond acceptors (Lipinski definition) is 5. The van der Waals surface area contributed by atoms with Gasteiger partial charge < -0.3 is 19.2 Å². The number of aromatic nitrogens is 1. The minimum Gasteiger partial charge on any atom is -0.496 e. The highest BCUT2D eigenvalue weighted by Gasteiger charge is 2.23. The summed E-state index contributed by atoms with van der Waals surface area (Å²) in [7, 11) is 1.61. The van der Waals surface area contributed by atoms with E-state index in [1.165, 1.54) is 0 Å². The molecule has 1 N–H and O–H groups in total. The molecule has 6 heteroatoms. The zero-order valence-electron chi connectivity index (χ0n) is 13.8. The van der Waals surface area contributed by atoms with Crippen LogP contribution in [-0.2, 0) is 9.53 Å². The summed E-state index contributed by atoms with van der Waals surface area (Å²) in [5.41, 5.74) is 2.77. The molecule has 0 spiro atoms. The Morgan fingerprint density at radius 3 is 2.96 bits per heavy atom. The SMILES string of the molecule is COc1ccccc1-c1nc2ccc(NC(=O)C3CCCO3)cc2o1. The van der Waals surface area contributed by atoms with E-state index in [1.807, 2.05) is 36.4 Å². The number of benzene rings is 2. The predicted molar refractivity (Wildman–Crippen MR) is 93.6 cm³/mol. The Hall–Kier alpha value is -2.86. The van der Waals surface area contributed by atoms with Crippen molar-refractivity contribution in [2.75, 3.05) is 19.0 Å². The van der Waals surface area contributed by atoms with E-state index in [9.17, 15) is 4.79 Å². The topological polar surface area (TPSA) is 73.6 Å². The molecular weight excluding hydrogens is 320 g/mol. The molecule has 128 valence electrons. The number of para-hydroxylation sites is 1. The van der Waals surface area contributed by atoms with Gasteiger partial charge in [-0.15, -0.1) is 0 Å². The maximum absolute atomic E-state index is 12.2. The lowest BCUT2D eigenvalue weighted by molar-refractivity contribution is -0.124. The Morgan fingerprint density at radius 1 is 1.28 bits per heavy atom. The van der Waals surface area contributed by atoms with E-state index in [4.69, 9.17) is 13.9 Å². The molecule has 6 nitrogen and oxygen atoms in total. The Bertz CT molecular complexity index is 913. The van der Waals surface area contributed by atoms with Crippen molar-refractivity contribution >= 4 is 22.7 Å². The molecule has 1 fully saturated rings. The Balaban J connectivity index is 1.62. The number of carbonyl (C=O) groups excluding carboxylic acids is 1. The summed E-state index contributed by atoms with van der Waals surface area (Å²) in [5.74, 6) is 1.05. The molecule has 1 atom stereocenters. The van der Waals surface area contributed by atoms with E-state index >= 15 is 0 Å². The monoisotopic (exact) mass is 338 g/mol. The summed E-state index contributed by atoms with van der Waals surface area (Å²) >= 11 is 0. The largest absolute Gasteiger partial charge is 0.496 e. The summed E-state index contributed by atoms with van der Waals surface area (Å²) in [6.07, 6.45) is 1.31. The van der Waals surface area contributed by atoms with Crippen LogP contribution in [0, 0.1) is 0 Å². The molecule has 2 aromatic carbocycles. The molecule has 1 aliphatic heterocycles. The van der Waals surface area contributed by atoms with Gasteiger partial charge in [-0.1, -0.05) is 12.1 Å². The molecule has 1 saturated heterocycles. The number of rotatable bonds is 4. The number of oxazole rings is 1. The second-order valence-corrected chi connectivity index (χ2v) is 5.89. The second-order valence-electron chi connectivity index (χ2n) is 5.89. The zero-order chi connectivity index (χ0) is 17.2. The lowest BCUT2D eigenvalue weighted by Gasteiger charge is -2.09. The Labute approximate surface area is 144 Å². The average molecular weight is 338 g/mol. The highest BCUT2D eigenvalue weighted by Crippen LogP contribution is 2.32. The van der Waals surface area contributed by atoms with Crippen molar-refractivity contribution in [1.29, 1.82) is 0 Å². The van der Waals surface area contributed by atoms with Crippen molar-refractivity contribution in [2.45, 2.75) is 18.9 Å². The fourth-order valence-electron chi connectivity index (χ4n) is 2.95. The first-order chi connectivity index (χ1) is 12.2. The number of carbonyl (C=O) groups is 1. The van der Waals surface area contributed by atoms with E-state index in [0.29, 0.717) is 29.5 Å². The predicted octanol–water partition coefficient (Wildman–Crippen LogP) is 3.62. The lowest BCUT2D eigenvalue weighted by Crippen LogP contribution is -2.26. The van der Waals surface area contributed by atoms with E-state index < -0.39 is 0 Å². The van der Waals surface area contributed by atoms with Gasteiger partial charge in [-0.25, -0.2) is 4.98 Å². The van der Waals surface area contributed by atoms with Crippen molar-refractivity contribution in [2.24, 2.45) is 0 Å². The van der Waals surface area contributed by atoms with Gasteiger partial charge in [-0.2, -0.15) is 0 Å². The summed E-state index contributed by atoms with van der Waals surface area (Å²) in [6.45, 7) is 0.640. The van der Waals surface area contributed by atoms with Crippen LogP contribution in [0.2, 0.25) is 0 Å². The fraction of sp³-hybridized carbons (Fsp3) is 0.263. The molecule has 1 amide bonds. The zero-order valence-corrected chi connectivity index (χ0v) is 13.8. The van der Waals surface area contributed by atoms with Gasteiger partial charge >= 0.3 is 0 Å². The highest BCUT2D eigenvalue weighted by molar-refractivity contribution is 5.96. The molecule has 1 aliphatic rings. The minimum atomic E-state index is -0.366. The van der Waals surface area contributed by atoms with Crippen LogP contribution in [0.1, 0.15) is 12.8 Å². The third-order valence-corrected chi connectivity index (χ3v) is 4.22. The third-order valence-electron chi connectivity index (χ3n) is 4.22. The van der Waals surface area contributed by atoms with Crippen LogP contribution in [-0.4, -0.2) is 30.7 Å². The second kappa shape index (κ2) is 6.57. The molecular formula is C19H18N2O4. The number of amides is 1. The molecule has 1 aromatic heterocycles. The van der Waals surface area contributed by atoms with E-state index in [0.717, 1.165) is 23.9 Å². The van der Waals surface area contributed by atoms with Gasteiger partial charge in [-0.05, 0) is 37.1 Å². The quantitative estimate of drug-likeness (QED) is 0.786. The summed E-state index contributed by atoms with van der Waals surface area (Å²) in [4.78, 5) is 16.7. The van der Waals surface area contributed by atoms with Gasteiger partial charge in [0.1, 0.15) is 17.4 Å². The molecule has 2 heterocycles. The third kappa shape index (κ3) is 3.08. The molecule has 3 aromatic rings. The molecule has 4 rings (SSSR count). The van der Waals surface area contributed by atoms with Gasteiger partial charge in [0.2, 0.25) is 5.89 Å². The highest BCUT2D eigenvalue weighted by atomic mass is 16.5. The van der Waals surface area contributed by atoms with Crippen LogP contribution in [0.15, 0.2) is 46.9 Å². The maximum Gasteiger partial charge on any atom is 0.253 e. The molecule has 25 heavy (non-hydrogen) atoms. The van der Waals surface area contributed by atoms with Gasteiger partial charge in [0, 0.05) is 18.4 Å². The van der Waals surface area contributed by atoms with Crippen molar-refractivity contribution in [1.82, 2.24) is 4.98 Å². The van der Waals surface area contributed by atoms with E-state index in [2.05, 4.69) is 10.3 Å². The molecule has 0 aliphatic carbocycles. The molecule has 0 saturated carbocycles.